The van der Waals surface area contributed by atoms with Gasteiger partial charge in [-0.3, -0.25) is 19.4 Å². The average molecular weight is 621 g/mol. The number of aliphatic imine (C=N–C) groups is 1. The molecule has 13 nitrogen and oxygen atoms in total. The fourth-order valence-corrected chi connectivity index (χ4v) is 4.93. The molecular formula is C32H44N8O5. The van der Waals surface area contributed by atoms with Crippen LogP contribution in [0.3, 0.4) is 0 Å². The van der Waals surface area contributed by atoms with Crippen molar-refractivity contribution < 1.29 is 24.3 Å². The van der Waals surface area contributed by atoms with E-state index in [1.165, 1.54) is 0 Å². The number of guanidine groups is 1. The number of hydrogen-bond donors (Lipinski definition) is 8. The van der Waals surface area contributed by atoms with Crippen molar-refractivity contribution in [3.63, 3.8) is 0 Å². The number of aromatic nitrogens is 1. The van der Waals surface area contributed by atoms with Gasteiger partial charge in [0.25, 0.3) is 0 Å². The van der Waals surface area contributed by atoms with Crippen LogP contribution in [0.5, 0.6) is 0 Å². The van der Waals surface area contributed by atoms with Crippen LogP contribution in [0.1, 0.15) is 44.2 Å². The predicted octanol–water partition coefficient (Wildman–Crippen LogP) is 0.919. The number of carboxylic acids is 1. The van der Waals surface area contributed by atoms with Crippen molar-refractivity contribution in [3.8, 4) is 0 Å². The van der Waals surface area contributed by atoms with E-state index in [4.69, 9.17) is 17.2 Å². The first-order valence-corrected chi connectivity index (χ1v) is 15.0. The lowest BCUT2D eigenvalue weighted by atomic mass is 9.97. The maximum atomic E-state index is 13.9. The summed E-state index contributed by atoms with van der Waals surface area (Å²) < 4.78 is 0. The minimum Gasteiger partial charge on any atom is -0.480 e. The molecule has 3 aromatic rings. The SMILES string of the molecule is CCC(C)C(NC(=O)C(Cc1ccccc1)NC(=O)C(Cc1c[nH]c2ccccc12)NC(=O)C(N)CCCN=C(N)N)C(=O)O. The molecule has 0 saturated heterocycles. The molecule has 5 unspecified atom stereocenters. The first-order chi connectivity index (χ1) is 21.5. The average Bonchev–Trinajstić information content (AvgIpc) is 3.43. The van der Waals surface area contributed by atoms with Crippen LogP contribution in [-0.2, 0) is 32.0 Å². The summed E-state index contributed by atoms with van der Waals surface area (Å²) in [6.45, 7) is 3.86. The van der Waals surface area contributed by atoms with Crippen molar-refractivity contribution in [1.29, 1.82) is 0 Å². The highest BCUT2D eigenvalue weighted by Gasteiger charge is 2.32. The highest BCUT2D eigenvalue weighted by atomic mass is 16.4. The molecule has 0 saturated carbocycles. The molecule has 0 spiro atoms. The van der Waals surface area contributed by atoms with Gasteiger partial charge in [-0.25, -0.2) is 4.79 Å². The smallest absolute Gasteiger partial charge is 0.326 e. The largest absolute Gasteiger partial charge is 0.480 e. The van der Waals surface area contributed by atoms with Crippen LogP contribution < -0.4 is 33.2 Å². The third kappa shape index (κ3) is 10.3. The van der Waals surface area contributed by atoms with Crippen molar-refractivity contribution in [1.82, 2.24) is 20.9 Å². The summed E-state index contributed by atoms with van der Waals surface area (Å²) in [5, 5.41) is 18.8. The van der Waals surface area contributed by atoms with Gasteiger partial charge in [0.15, 0.2) is 5.96 Å². The molecule has 0 bridgehead atoms. The van der Waals surface area contributed by atoms with E-state index in [0.29, 0.717) is 19.4 Å². The van der Waals surface area contributed by atoms with E-state index in [1.807, 2.05) is 49.4 Å². The molecule has 242 valence electrons. The fourth-order valence-electron chi connectivity index (χ4n) is 4.93. The number of para-hydroxylation sites is 1. The van der Waals surface area contributed by atoms with E-state index < -0.39 is 47.9 Å². The number of aromatic amines is 1. The molecule has 0 aliphatic rings. The molecule has 1 aromatic heterocycles. The van der Waals surface area contributed by atoms with Gasteiger partial charge in [0.2, 0.25) is 17.7 Å². The summed E-state index contributed by atoms with van der Waals surface area (Å²) in [5.74, 6) is -3.38. The van der Waals surface area contributed by atoms with Crippen LogP contribution in [0.25, 0.3) is 10.9 Å². The number of nitrogens with two attached hydrogens (primary N) is 3. The number of H-pyrrole nitrogens is 1. The number of carbonyl (C=O) groups excluding carboxylic acids is 3. The number of carbonyl (C=O) groups is 4. The summed E-state index contributed by atoms with van der Waals surface area (Å²) in [5.41, 5.74) is 19.3. The molecule has 3 rings (SSSR count). The lowest BCUT2D eigenvalue weighted by molar-refractivity contribution is -0.143. The Balaban J connectivity index is 1.86. The summed E-state index contributed by atoms with van der Waals surface area (Å²) >= 11 is 0. The number of hydrogen-bond acceptors (Lipinski definition) is 6. The Hall–Kier alpha value is -4.91. The van der Waals surface area contributed by atoms with E-state index in [1.54, 1.807) is 25.3 Å². The van der Waals surface area contributed by atoms with Crippen molar-refractivity contribution in [2.24, 2.45) is 28.1 Å². The predicted molar refractivity (Wildman–Crippen MR) is 173 cm³/mol. The topological polar surface area (TPSA) is 231 Å². The fraction of sp³-hybridized carbons (Fsp3) is 0.406. The van der Waals surface area contributed by atoms with Crippen LogP contribution in [-0.4, -0.2) is 70.5 Å². The summed E-state index contributed by atoms with van der Waals surface area (Å²) in [6.07, 6.45) is 3.22. The number of carboxylic acid groups (broad SMARTS) is 1. The monoisotopic (exact) mass is 620 g/mol. The lowest BCUT2D eigenvalue weighted by Gasteiger charge is -2.26. The molecular weight excluding hydrogens is 576 g/mol. The maximum absolute atomic E-state index is 13.9. The summed E-state index contributed by atoms with van der Waals surface area (Å²) in [6, 6.07) is 12.3. The van der Waals surface area contributed by atoms with E-state index in [2.05, 4.69) is 25.9 Å². The second-order valence-corrected chi connectivity index (χ2v) is 11.1. The summed E-state index contributed by atoms with van der Waals surface area (Å²) in [4.78, 5) is 59.6. The van der Waals surface area contributed by atoms with E-state index in [-0.39, 0.29) is 31.1 Å². The Kier molecular flexibility index (Phi) is 12.9. The van der Waals surface area contributed by atoms with Crippen molar-refractivity contribution in [3.05, 3.63) is 71.9 Å². The Morgan fingerprint density at radius 3 is 2.18 bits per heavy atom. The Morgan fingerprint density at radius 1 is 0.889 bits per heavy atom. The van der Waals surface area contributed by atoms with Gasteiger partial charge in [0.1, 0.15) is 18.1 Å². The molecule has 2 aromatic carbocycles. The van der Waals surface area contributed by atoms with E-state index in [0.717, 1.165) is 22.0 Å². The number of nitrogens with one attached hydrogen (secondary N) is 4. The zero-order valence-electron chi connectivity index (χ0n) is 25.7. The molecule has 45 heavy (non-hydrogen) atoms. The Morgan fingerprint density at radius 2 is 1.51 bits per heavy atom. The van der Waals surface area contributed by atoms with Crippen LogP contribution >= 0.6 is 0 Å². The molecule has 0 radical (unpaired) electrons. The zero-order valence-corrected chi connectivity index (χ0v) is 25.7. The van der Waals surface area contributed by atoms with Gasteiger partial charge >= 0.3 is 5.97 Å². The van der Waals surface area contributed by atoms with Gasteiger partial charge in [-0.1, -0.05) is 68.8 Å². The molecule has 0 fully saturated rings. The van der Waals surface area contributed by atoms with Gasteiger partial charge in [0, 0.05) is 36.5 Å². The Bertz CT molecular complexity index is 1470. The van der Waals surface area contributed by atoms with Crippen LogP contribution in [0.4, 0.5) is 0 Å². The minimum atomic E-state index is -1.17. The van der Waals surface area contributed by atoms with Crippen molar-refractivity contribution in [2.45, 2.75) is 70.1 Å². The molecule has 11 N–H and O–H groups in total. The third-order valence-electron chi connectivity index (χ3n) is 7.73. The quantitative estimate of drug-likeness (QED) is 0.0613. The molecule has 1 heterocycles. The number of benzene rings is 2. The standard InChI is InChI=1S/C32H44N8O5/c1-3-19(2)27(31(44)45)40-30(43)25(16-20-10-5-4-6-11-20)39-29(42)26(17-21-18-37-24-14-8-7-12-22(21)24)38-28(41)23(33)13-9-15-36-32(34)35/h4-8,10-12,14,18-19,23,25-27,37H,3,9,13,15-17,33H2,1-2H3,(H,38,41)(H,39,42)(H,40,43)(H,44,45)(H4,34,35,36). The number of nitrogens with zero attached hydrogens (tertiary/aromatic N) is 1. The highest BCUT2D eigenvalue weighted by Crippen LogP contribution is 2.19. The number of aliphatic carboxylic acids is 1. The van der Waals surface area contributed by atoms with Crippen molar-refractivity contribution in [2.75, 3.05) is 6.54 Å². The molecule has 0 aliphatic carbocycles. The normalized spacial score (nSPS) is 14.4. The molecule has 13 heteroatoms. The lowest BCUT2D eigenvalue weighted by Crippen LogP contribution is -2.58. The van der Waals surface area contributed by atoms with Gasteiger partial charge in [-0.15, -0.1) is 0 Å². The number of amides is 3. The van der Waals surface area contributed by atoms with Gasteiger partial charge in [-0.05, 0) is 36.0 Å². The summed E-state index contributed by atoms with van der Waals surface area (Å²) in [7, 11) is 0. The maximum Gasteiger partial charge on any atom is 0.326 e. The third-order valence-corrected chi connectivity index (χ3v) is 7.73. The van der Waals surface area contributed by atoms with E-state index >= 15 is 0 Å². The van der Waals surface area contributed by atoms with E-state index in [9.17, 15) is 24.3 Å². The van der Waals surface area contributed by atoms with Crippen LogP contribution in [0.15, 0.2) is 65.8 Å². The first kappa shape index (κ1) is 34.6. The molecule has 5 atom stereocenters. The number of fused-ring (bicyclic) bond motifs is 1. The van der Waals surface area contributed by atoms with Gasteiger partial charge in [-0.2, -0.15) is 0 Å². The Labute approximate surface area is 262 Å². The minimum absolute atomic E-state index is 0.0589. The number of rotatable bonds is 17. The highest BCUT2D eigenvalue weighted by molar-refractivity contribution is 5.95. The first-order valence-electron chi connectivity index (χ1n) is 15.0. The van der Waals surface area contributed by atoms with Crippen LogP contribution in [0.2, 0.25) is 0 Å². The second-order valence-electron chi connectivity index (χ2n) is 11.1. The van der Waals surface area contributed by atoms with Gasteiger partial charge in [0.05, 0.1) is 6.04 Å². The van der Waals surface area contributed by atoms with Crippen molar-refractivity contribution >= 4 is 40.6 Å². The van der Waals surface area contributed by atoms with Gasteiger partial charge < -0.3 is 43.2 Å². The molecule has 0 aliphatic heterocycles. The van der Waals surface area contributed by atoms with Crippen LogP contribution in [0, 0.1) is 5.92 Å². The molecule has 3 amide bonds. The second kappa shape index (κ2) is 16.8. The zero-order chi connectivity index (χ0) is 32.9.